The van der Waals surface area contributed by atoms with Crippen LogP contribution in [0.15, 0.2) is 60.8 Å². The van der Waals surface area contributed by atoms with E-state index in [1.54, 1.807) is 12.3 Å². The van der Waals surface area contributed by atoms with Gasteiger partial charge in [0.15, 0.2) is 0 Å². The van der Waals surface area contributed by atoms with Crippen molar-refractivity contribution >= 4 is 34.1 Å². The summed E-state index contributed by atoms with van der Waals surface area (Å²) in [4.78, 5) is 28.6. The van der Waals surface area contributed by atoms with Crippen LogP contribution in [0.5, 0.6) is 0 Å². The van der Waals surface area contributed by atoms with Gasteiger partial charge in [-0.25, -0.2) is 0 Å². The van der Waals surface area contributed by atoms with E-state index in [9.17, 15) is 9.59 Å². The Kier molecular flexibility index (Phi) is 5.27. The summed E-state index contributed by atoms with van der Waals surface area (Å²) in [7, 11) is 0. The Hall–Kier alpha value is -3.21. The molecule has 0 unspecified atom stereocenters. The predicted molar refractivity (Wildman–Crippen MR) is 104 cm³/mol. The van der Waals surface area contributed by atoms with Crippen LogP contribution in [0.4, 0.5) is 11.4 Å². The molecule has 0 spiro atoms. The summed E-state index contributed by atoms with van der Waals surface area (Å²) in [5.74, 6) is -0.299. The summed E-state index contributed by atoms with van der Waals surface area (Å²) in [6, 6.07) is 16.9. The maximum atomic E-state index is 12.2. The lowest BCUT2D eigenvalue weighted by atomic mass is 10.0. The number of pyridine rings is 1. The van der Waals surface area contributed by atoms with Gasteiger partial charge >= 0.3 is 0 Å². The van der Waals surface area contributed by atoms with Crippen molar-refractivity contribution in [2.45, 2.75) is 26.2 Å². The summed E-state index contributed by atoms with van der Waals surface area (Å²) < 4.78 is 0. The number of para-hydroxylation sites is 1. The average Bonchev–Trinajstić information content (AvgIpc) is 2.62. The van der Waals surface area contributed by atoms with Gasteiger partial charge in [0, 0.05) is 17.3 Å². The molecule has 2 N–H and O–H groups in total. The van der Waals surface area contributed by atoms with Crippen LogP contribution in [0.3, 0.4) is 0 Å². The van der Waals surface area contributed by atoms with Gasteiger partial charge in [0.05, 0.1) is 11.2 Å². The fraction of sp³-hybridized carbons (Fsp3) is 0.190. The Morgan fingerprint density at radius 1 is 0.923 bits per heavy atom. The number of hydrogen-bond acceptors (Lipinski definition) is 3. The quantitative estimate of drug-likeness (QED) is 0.675. The molecule has 5 heteroatoms. The van der Waals surface area contributed by atoms with E-state index in [-0.39, 0.29) is 18.2 Å². The van der Waals surface area contributed by atoms with Gasteiger partial charge in [-0.3, -0.25) is 14.6 Å². The summed E-state index contributed by atoms with van der Waals surface area (Å²) in [6.07, 6.45) is 1.42. The lowest BCUT2D eigenvalue weighted by molar-refractivity contribution is -0.123. The van der Waals surface area contributed by atoms with Crippen LogP contribution < -0.4 is 10.6 Å². The molecule has 0 aliphatic heterocycles. The van der Waals surface area contributed by atoms with Gasteiger partial charge in [0.1, 0.15) is 6.42 Å². The van der Waals surface area contributed by atoms with Crippen LogP contribution in [0.2, 0.25) is 0 Å². The zero-order valence-electron chi connectivity index (χ0n) is 14.8. The van der Waals surface area contributed by atoms with Crippen LogP contribution in [0.1, 0.15) is 31.7 Å². The van der Waals surface area contributed by atoms with Crippen molar-refractivity contribution in [1.82, 2.24) is 4.98 Å². The number of benzene rings is 2. The molecule has 1 aromatic heterocycles. The molecule has 0 radical (unpaired) electrons. The smallest absolute Gasteiger partial charge is 0.233 e. The molecule has 0 aliphatic rings. The summed E-state index contributed by atoms with van der Waals surface area (Å²) in [5.41, 5.74) is 3.18. The van der Waals surface area contributed by atoms with Crippen molar-refractivity contribution in [3.8, 4) is 0 Å². The lowest BCUT2D eigenvalue weighted by Crippen LogP contribution is -2.21. The highest BCUT2D eigenvalue weighted by atomic mass is 16.2. The van der Waals surface area contributed by atoms with E-state index >= 15 is 0 Å². The Bertz CT molecular complexity index is 928. The zero-order chi connectivity index (χ0) is 18.5. The summed E-state index contributed by atoms with van der Waals surface area (Å²) in [5, 5.41) is 6.44. The number of nitrogens with zero attached hydrogens (tertiary/aromatic N) is 1. The van der Waals surface area contributed by atoms with E-state index in [1.165, 1.54) is 5.56 Å². The second-order valence-corrected chi connectivity index (χ2v) is 6.43. The predicted octanol–water partition coefficient (Wildman–Crippen LogP) is 4.33. The molecule has 26 heavy (non-hydrogen) atoms. The van der Waals surface area contributed by atoms with Crippen LogP contribution >= 0.6 is 0 Å². The minimum atomic E-state index is -0.376. The van der Waals surface area contributed by atoms with Crippen LogP contribution in [0.25, 0.3) is 10.9 Å². The van der Waals surface area contributed by atoms with Gasteiger partial charge in [-0.05, 0) is 35.7 Å². The molecule has 3 aromatic rings. The number of hydrogen-bond donors (Lipinski definition) is 2. The third-order valence-corrected chi connectivity index (χ3v) is 4.09. The topological polar surface area (TPSA) is 71.1 Å². The molecule has 0 saturated carbocycles. The number of aromatic nitrogens is 1. The van der Waals surface area contributed by atoms with Crippen molar-refractivity contribution in [2.24, 2.45) is 0 Å². The van der Waals surface area contributed by atoms with Crippen molar-refractivity contribution in [3.63, 3.8) is 0 Å². The van der Waals surface area contributed by atoms with E-state index in [1.807, 2.05) is 48.5 Å². The number of rotatable bonds is 5. The van der Waals surface area contributed by atoms with Gasteiger partial charge in [-0.2, -0.15) is 0 Å². The molecule has 2 amide bonds. The monoisotopic (exact) mass is 347 g/mol. The van der Waals surface area contributed by atoms with Crippen LogP contribution in [-0.4, -0.2) is 16.8 Å². The van der Waals surface area contributed by atoms with Crippen molar-refractivity contribution < 1.29 is 9.59 Å². The molecule has 0 atom stereocenters. The standard InChI is InChI=1S/C21H21N3O2/c1-14(2)15-8-10-17(11-9-15)23-19(25)13-20(26)24-18-7-3-5-16-6-4-12-22-21(16)18/h3-12,14H,13H2,1-2H3,(H,23,25)(H,24,26). The fourth-order valence-electron chi connectivity index (χ4n) is 2.70. The van der Waals surface area contributed by atoms with E-state index in [4.69, 9.17) is 0 Å². The second-order valence-electron chi connectivity index (χ2n) is 6.43. The highest BCUT2D eigenvalue weighted by molar-refractivity contribution is 6.10. The first-order valence-corrected chi connectivity index (χ1v) is 8.56. The summed E-state index contributed by atoms with van der Waals surface area (Å²) in [6.45, 7) is 4.22. The zero-order valence-corrected chi connectivity index (χ0v) is 14.8. The first-order valence-electron chi connectivity index (χ1n) is 8.56. The van der Waals surface area contributed by atoms with Crippen LogP contribution in [-0.2, 0) is 9.59 Å². The SMILES string of the molecule is CC(C)c1ccc(NC(=O)CC(=O)Nc2cccc3cccnc23)cc1. The molecule has 0 fully saturated rings. The maximum Gasteiger partial charge on any atom is 0.233 e. The van der Waals surface area contributed by atoms with Gasteiger partial charge in [-0.15, -0.1) is 0 Å². The minimum absolute atomic E-state index is 0.255. The Balaban J connectivity index is 1.61. The third-order valence-electron chi connectivity index (χ3n) is 4.09. The molecule has 132 valence electrons. The molecule has 1 heterocycles. The highest BCUT2D eigenvalue weighted by Gasteiger charge is 2.12. The molecule has 5 nitrogen and oxygen atoms in total. The van der Waals surface area contributed by atoms with E-state index in [0.717, 1.165) is 5.39 Å². The largest absolute Gasteiger partial charge is 0.326 e. The average molecular weight is 347 g/mol. The maximum absolute atomic E-state index is 12.2. The van der Waals surface area contributed by atoms with Crippen molar-refractivity contribution in [1.29, 1.82) is 0 Å². The normalized spacial score (nSPS) is 10.7. The Morgan fingerprint density at radius 2 is 1.62 bits per heavy atom. The molecule has 0 bridgehead atoms. The second kappa shape index (κ2) is 7.78. The van der Waals surface area contributed by atoms with E-state index in [2.05, 4.69) is 29.5 Å². The number of anilines is 2. The van der Waals surface area contributed by atoms with Crippen molar-refractivity contribution in [3.05, 3.63) is 66.4 Å². The molecular formula is C21H21N3O2. The number of carbonyl (C=O) groups is 2. The molecule has 3 rings (SSSR count). The molecule has 2 aromatic carbocycles. The number of fused-ring (bicyclic) bond motifs is 1. The molecule has 0 saturated heterocycles. The van der Waals surface area contributed by atoms with E-state index < -0.39 is 0 Å². The first-order chi connectivity index (χ1) is 12.5. The van der Waals surface area contributed by atoms with Crippen LogP contribution in [0, 0.1) is 0 Å². The van der Waals surface area contributed by atoms with E-state index in [0.29, 0.717) is 22.8 Å². The molecule has 0 aliphatic carbocycles. The number of carbonyl (C=O) groups excluding carboxylic acids is 2. The van der Waals surface area contributed by atoms with Crippen molar-refractivity contribution in [2.75, 3.05) is 10.6 Å². The Morgan fingerprint density at radius 3 is 2.35 bits per heavy atom. The third kappa shape index (κ3) is 4.25. The lowest BCUT2D eigenvalue weighted by Gasteiger charge is -2.10. The highest BCUT2D eigenvalue weighted by Crippen LogP contribution is 2.21. The van der Waals surface area contributed by atoms with Gasteiger partial charge < -0.3 is 10.6 Å². The first kappa shape index (κ1) is 17.6. The Labute approximate surface area is 152 Å². The fourth-order valence-corrected chi connectivity index (χ4v) is 2.70. The molecular weight excluding hydrogens is 326 g/mol. The van der Waals surface area contributed by atoms with Gasteiger partial charge in [0.25, 0.3) is 0 Å². The number of amides is 2. The van der Waals surface area contributed by atoms with Gasteiger partial charge in [0.2, 0.25) is 11.8 Å². The van der Waals surface area contributed by atoms with Gasteiger partial charge in [-0.1, -0.05) is 44.2 Å². The minimum Gasteiger partial charge on any atom is -0.326 e. The number of nitrogens with one attached hydrogen (secondary N) is 2. The summed E-state index contributed by atoms with van der Waals surface area (Å²) >= 11 is 0.